The van der Waals surface area contributed by atoms with Crippen LogP contribution in [0.4, 0.5) is 0 Å². The van der Waals surface area contributed by atoms with Gasteiger partial charge in [0.15, 0.2) is 6.73 Å². The van der Waals surface area contributed by atoms with Crippen molar-refractivity contribution in [2.75, 3.05) is 0 Å². The van der Waals surface area contributed by atoms with Gasteiger partial charge in [-0.3, -0.25) is 14.3 Å². The summed E-state index contributed by atoms with van der Waals surface area (Å²) in [7, 11) is 0. The predicted octanol–water partition coefficient (Wildman–Crippen LogP) is 3.38. The van der Waals surface area contributed by atoms with E-state index >= 15 is 0 Å². The number of imidazole rings is 1. The lowest BCUT2D eigenvalue weighted by atomic mass is 10.1. The van der Waals surface area contributed by atoms with Gasteiger partial charge in [0.25, 0.3) is 6.47 Å². The molecule has 0 unspecified atom stereocenters. The van der Waals surface area contributed by atoms with Crippen molar-refractivity contribution >= 4 is 28.4 Å². The molecule has 0 fully saturated rings. The quantitative estimate of drug-likeness (QED) is 0.542. The fourth-order valence-corrected chi connectivity index (χ4v) is 2.80. The molecule has 2 aromatic heterocycles. The Kier molecular flexibility index (Phi) is 3.24. The number of rotatable bonds is 4. The van der Waals surface area contributed by atoms with Gasteiger partial charge in [-0.2, -0.15) is 0 Å². The second-order valence-corrected chi connectivity index (χ2v) is 5.12. The highest BCUT2D eigenvalue weighted by molar-refractivity contribution is 5.94. The Balaban J connectivity index is 2.02. The molecule has 0 saturated heterocycles. The molecule has 5 heteroatoms. The Hall–Kier alpha value is -3.21. The lowest BCUT2D eigenvalue weighted by molar-refractivity contribution is -0.131. The van der Waals surface area contributed by atoms with Gasteiger partial charge in [-0.25, -0.2) is 4.98 Å². The van der Waals surface area contributed by atoms with Crippen LogP contribution in [0, 0.1) is 0 Å². The summed E-state index contributed by atoms with van der Waals surface area (Å²) in [6, 6.07) is 17.7. The van der Waals surface area contributed by atoms with Crippen LogP contribution in [0.15, 0.2) is 60.8 Å². The van der Waals surface area contributed by atoms with Gasteiger partial charge in [-0.05, 0) is 24.3 Å². The summed E-state index contributed by atoms with van der Waals surface area (Å²) in [5.41, 5.74) is 3.55. The molecule has 0 aliphatic carbocycles. The molecule has 23 heavy (non-hydrogen) atoms. The predicted molar refractivity (Wildman–Crippen MR) is 87.6 cm³/mol. The molecule has 4 rings (SSSR count). The number of fused-ring (bicyclic) bond motifs is 2. The molecule has 0 N–H and O–H groups in total. The summed E-state index contributed by atoms with van der Waals surface area (Å²) in [6.07, 6.45) is 1.76. The standard InChI is InChI=1S/C18H13N3O2/c22-12-23-11-21-16-9-2-1-8-15(16)20-18(21)14-7-3-5-13-6-4-10-19-17(13)14/h1-10,12H,11H2. The Morgan fingerprint density at radius 2 is 1.91 bits per heavy atom. The third-order valence-corrected chi connectivity index (χ3v) is 3.80. The van der Waals surface area contributed by atoms with Crippen molar-refractivity contribution in [2.45, 2.75) is 6.73 Å². The number of para-hydroxylation sites is 3. The minimum absolute atomic E-state index is 0.114. The number of ether oxygens (including phenoxy) is 1. The van der Waals surface area contributed by atoms with E-state index in [1.807, 2.05) is 59.2 Å². The first kappa shape index (κ1) is 13.5. The number of carbonyl (C=O) groups is 1. The average molecular weight is 303 g/mol. The maximum absolute atomic E-state index is 10.6. The maximum atomic E-state index is 10.6. The van der Waals surface area contributed by atoms with E-state index in [9.17, 15) is 4.79 Å². The van der Waals surface area contributed by atoms with Crippen molar-refractivity contribution in [3.05, 3.63) is 60.8 Å². The van der Waals surface area contributed by atoms with E-state index in [4.69, 9.17) is 9.72 Å². The topological polar surface area (TPSA) is 57.0 Å². The van der Waals surface area contributed by atoms with Crippen LogP contribution in [0.2, 0.25) is 0 Å². The van der Waals surface area contributed by atoms with Gasteiger partial charge in [-0.15, -0.1) is 0 Å². The van der Waals surface area contributed by atoms with Gasteiger partial charge in [0.2, 0.25) is 0 Å². The Labute approximate surface area is 132 Å². The molecule has 4 aromatic rings. The molecule has 0 atom stereocenters. The summed E-state index contributed by atoms with van der Waals surface area (Å²) in [6.45, 7) is 0.558. The van der Waals surface area contributed by atoms with Crippen molar-refractivity contribution in [1.29, 1.82) is 0 Å². The van der Waals surface area contributed by atoms with Crippen LogP contribution in [0.1, 0.15) is 0 Å². The normalized spacial score (nSPS) is 11.0. The highest BCUT2D eigenvalue weighted by Gasteiger charge is 2.15. The average Bonchev–Trinajstić information content (AvgIpc) is 2.98. The van der Waals surface area contributed by atoms with Gasteiger partial charge >= 0.3 is 0 Å². The number of pyridine rings is 1. The van der Waals surface area contributed by atoms with Crippen LogP contribution < -0.4 is 0 Å². The zero-order valence-corrected chi connectivity index (χ0v) is 12.2. The number of carbonyl (C=O) groups excluding carboxylic acids is 1. The van der Waals surface area contributed by atoms with E-state index in [0.717, 1.165) is 33.3 Å². The fraction of sp³-hybridized carbons (Fsp3) is 0.0556. The van der Waals surface area contributed by atoms with Crippen LogP contribution in [0.25, 0.3) is 33.3 Å². The summed E-state index contributed by atoms with van der Waals surface area (Å²) in [4.78, 5) is 19.8. The van der Waals surface area contributed by atoms with Gasteiger partial charge in [0, 0.05) is 17.1 Å². The Morgan fingerprint density at radius 1 is 1.04 bits per heavy atom. The van der Waals surface area contributed by atoms with Crippen molar-refractivity contribution < 1.29 is 9.53 Å². The molecule has 2 aromatic carbocycles. The molecule has 112 valence electrons. The van der Waals surface area contributed by atoms with Gasteiger partial charge < -0.3 is 4.74 Å². The second-order valence-electron chi connectivity index (χ2n) is 5.12. The minimum Gasteiger partial charge on any atom is -0.446 e. The van der Waals surface area contributed by atoms with E-state index in [1.165, 1.54) is 0 Å². The summed E-state index contributed by atoms with van der Waals surface area (Å²) in [5, 5.41) is 1.04. The van der Waals surface area contributed by atoms with Crippen LogP contribution in [-0.2, 0) is 16.3 Å². The molecule has 5 nitrogen and oxygen atoms in total. The third-order valence-electron chi connectivity index (χ3n) is 3.80. The van der Waals surface area contributed by atoms with Crippen molar-refractivity contribution in [1.82, 2.24) is 14.5 Å². The van der Waals surface area contributed by atoms with Crippen LogP contribution in [0.5, 0.6) is 0 Å². The van der Waals surface area contributed by atoms with Crippen LogP contribution in [-0.4, -0.2) is 21.0 Å². The zero-order chi connectivity index (χ0) is 15.6. The molecule has 0 aliphatic rings. The largest absolute Gasteiger partial charge is 0.446 e. The molecular formula is C18H13N3O2. The number of nitrogens with zero attached hydrogens (tertiary/aromatic N) is 3. The molecule has 0 amide bonds. The first-order chi connectivity index (χ1) is 11.4. The molecule has 0 radical (unpaired) electrons. The first-order valence-corrected chi connectivity index (χ1v) is 7.23. The van der Waals surface area contributed by atoms with Crippen molar-refractivity contribution in [2.24, 2.45) is 0 Å². The summed E-state index contributed by atoms with van der Waals surface area (Å²) in [5.74, 6) is 0.734. The van der Waals surface area contributed by atoms with Gasteiger partial charge in [-0.1, -0.05) is 30.3 Å². The maximum Gasteiger partial charge on any atom is 0.294 e. The van der Waals surface area contributed by atoms with Crippen molar-refractivity contribution in [3.63, 3.8) is 0 Å². The van der Waals surface area contributed by atoms with E-state index in [0.29, 0.717) is 6.47 Å². The summed E-state index contributed by atoms with van der Waals surface area (Å²) >= 11 is 0. The van der Waals surface area contributed by atoms with E-state index in [1.54, 1.807) is 6.20 Å². The number of hydrogen-bond donors (Lipinski definition) is 0. The highest BCUT2D eigenvalue weighted by atomic mass is 16.5. The summed E-state index contributed by atoms with van der Waals surface area (Å²) < 4.78 is 6.86. The van der Waals surface area contributed by atoms with Crippen molar-refractivity contribution in [3.8, 4) is 11.4 Å². The first-order valence-electron chi connectivity index (χ1n) is 7.23. The fourth-order valence-electron chi connectivity index (χ4n) is 2.80. The monoisotopic (exact) mass is 303 g/mol. The van der Waals surface area contributed by atoms with Gasteiger partial charge in [0.1, 0.15) is 5.82 Å². The molecule has 0 saturated carbocycles. The lowest BCUT2D eigenvalue weighted by Crippen LogP contribution is -2.04. The number of aromatic nitrogens is 3. The number of benzene rings is 2. The Bertz CT molecular complexity index is 1000. The molecule has 0 spiro atoms. The third kappa shape index (κ3) is 2.23. The van der Waals surface area contributed by atoms with E-state index in [-0.39, 0.29) is 6.73 Å². The Morgan fingerprint density at radius 3 is 2.83 bits per heavy atom. The second kappa shape index (κ2) is 5.53. The molecule has 0 aliphatic heterocycles. The van der Waals surface area contributed by atoms with Crippen LogP contribution >= 0.6 is 0 Å². The van der Waals surface area contributed by atoms with E-state index < -0.39 is 0 Å². The highest BCUT2D eigenvalue weighted by Crippen LogP contribution is 2.29. The van der Waals surface area contributed by atoms with Crippen LogP contribution in [0.3, 0.4) is 0 Å². The van der Waals surface area contributed by atoms with E-state index in [2.05, 4.69) is 4.98 Å². The van der Waals surface area contributed by atoms with Gasteiger partial charge in [0.05, 0.1) is 16.6 Å². The SMILES string of the molecule is O=COCn1c(-c2cccc3cccnc23)nc2ccccc21. The molecule has 0 bridgehead atoms. The minimum atomic E-state index is 0.114. The molecule has 2 heterocycles. The zero-order valence-electron chi connectivity index (χ0n) is 12.2. The molecular weight excluding hydrogens is 290 g/mol. The number of hydrogen-bond acceptors (Lipinski definition) is 4. The smallest absolute Gasteiger partial charge is 0.294 e. The lowest BCUT2D eigenvalue weighted by Gasteiger charge is -2.09.